The molecule has 0 N–H and O–H groups in total. The molecule has 0 aliphatic carbocycles. The van der Waals surface area contributed by atoms with Crippen LogP contribution in [0.3, 0.4) is 0 Å². The molecule has 0 atom stereocenters. The van der Waals surface area contributed by atoms with Gasteiger partial charge in [0.25, 0.3) is 0 Å². The van der Waals surface area contributed by atoms with Gasteiger partial charge in [0.15, 0.2) is 5.82 Å². The van der Waals surface area contributed by atoms with Gasteiger partial charge in [-0.3, -0.25) is 4.79 Å². The predicted molar refractivity (Wildman–Crippen MR) is 62.5 cm³/mol. The number of rotatable bonds is 5. The molecular weight excluding hydrogens is 216 g/mol. The van der Waals surface area contributed by atoms with Crippen molar-refractivity contribution in [3.63, 3.8) is 0 Å². The molecule has 88 valence electrons. The molecule has 0 radical (unpaired) electrons. The van der Waals surface area contributed by atoms with E-state index in [1.807, 2.05) is 18.2 Å². The van der Waals surface area contributed by atoms with Gasteiger partial charge in [-0.25, -0.2) is 0 Å². The third-order valence-electron chi connectivity index (χ3n) is 2.39. The van der Waals surface area contributed by atoms with E-state index < -0.39 is 0 Å². The monoisotopic (exact) mass is 230 g/mol. The Morgan fingerprint density at radius 1 is 1.24 bits per heavy atom. The van der Waals surface area contributed by atoms with Crippen molar-refractivity contribution < 1.29 is 9.32 Å². The van der Waals surface area contributed by atoms with Crippen molar-refractivity contribution in [3.8, 4) is 0 Å². The summed E-state index contributed by atoms with van der Waals surface area (Å²) in [5.41, 5.74) is 1.24. The Balaban J connectivity index is 1.91. The van der Waals surface area contributed by atoms with Gasteiger partial charge in [0.1, 0.15) is 5.78 Å². The number of hydrogen-bond donors (Lipinski definition) is 0. The molecule has 0 unspecified atom stereocenters. The fourth-order valence-electron chi connectivity index (χ4n) is 1.58. The van der Waals surface area contributed by atoms with Crippen LogP contribution in [0.15, 0.2) is 34.9 Å². The number of ketones is 1. The minimum absolute atomic E-state index is 0.0420. The summed E-state index contributed by atoms with van der Waals surface area (Å²) in [4.78, 5) is 15.0. The summed E-state index contributed by atoms with van der Waals surface area (Å²) in [5, 5.41) is 3.76. The minimum Gasteiger partial charge on any atom is -0.339 e. The molecule has 1 aromatic carbocycles. The van der Waals surface area contributed by atoms with Crippen LogP contribution in [0.4, 0.5) is 0 Å². The Morgan fingerprint density at radius 2 is 2.00 bits per heavy atom. The highest BCUT2D eigenvalue weighted by molar-refractivity contribution is 5.77. The van der Waals surface area contributed by atoms with Crippen LogP contribution in [0.1, 0.15) is 24.2 Å². The van der Waals surface area contributed by atoms with E-state index in [1.54, 1.807) is 0 Å². The van der Waals surface area contributed by atoms with Gasteiger partial charge in [-0.15, -0.1) is 0 Å². The van der Waals surface area contributed by atoms with Crippen LogP contribution in [-0.4, -0.2) is 15.9 Å². The van der Waals surface area contributed by atoms with Crippen molar-refractivity contribution in [1.29, 1.82) is 0 Å². The average molecular weight is 230 g/mol. The topological polar surface area (TPSA) is 56.0 Å². The Kier molecular flexibility index (Phi) is 3.65. The van der Waals surface area contributed by atoms with Crippen molar-refractivity contribution in [3.05, 3.63) is 47.6 Å². The van der Waals surface area contributed by atoms with E-state index in [-0.39, 0.29) is 12.2 Å². The molecule has 0 aliphatic heterocycles. The van der Waals surface area contributed by atoms with E-state index in [9.17, 15) is 4.79 Å². The lowest BCUT2D eigenvalue weighted by Gasteiger charge is -1.96. The summed E-state index contributed by atoms with van der Waals surface area (Å²) >= 11 is 0. The van der Waals surface area contributed by atoms with Gasteiger partial charge in [-0.2, -0.15) is 4.98 Å². The first-order valence-electron chi connectivity index (χ1n) is 5.59. The van der Waals surface area contributed by atoms with E-state index in [0.717, 1.165) is 6.42 Å². The zero-order valence-electron chi connectivity index (χ0n) is 9.72. The molecule has 4 heteroatoms. The number of hydrogen-bond acceptors (Lipinski definition) is 4. The third-order valence-corrected chi connectivity index (χ3v) is 2.39. The highest BCUT2D eigenvalue weighted by atomic mass is 16.5. The first-order chi connectivity index (χ1) is 8.24. The van der Waals surface area contributed by atoms with Gasteiger partial charge in [-0.05, 0) is 18.9 Å². The Morgan fingerprint density at radius 3 is 2.71 bits per heavy atom. The van der Waals surface area contributed by atoms with E-state index in [4.69, 9.17) is 4.52 Å². The van der Waals surface area contributed by atoms with Gasteiger partial charge in [0.2, 0.25) is 5.89 Å². The molecule has 0 spiro atoms. The number of carbonyl (C=O) groups is 1. The standard InChI is InChI=1S/C13H14N2O2/c1-10(16)9-12-14-13(17-15-12)8-7-11-5-3-2-4-6-11/h2-6H,7-9H2,1H3. The number of aromatic nitrogens is 2. The first kappa shape index (κ1) is 11.5. The van der Waals surface area contributed by atoms with Gasteiger partial charge >= 0.3 is 0 Å². The maximum absolute atomic E-state index is 10.9. The van der Waals surface area contributed by atoms with Crippen molar-refractivity contribution >= 4 is 5.78 Å². The highest BCUT2D eigenvalue weighted by Gasteiger charge is 2.08. The van der Waals surface area contributed by atoms with Crippen LogP contribution in [-0.2, 0) is 24.1 Å². The van der Waals surface area contributed by atoms with E-state index in [2.05, 4.69) is 22.3 Å². The predicted octanol–water partition coefficient (Wildman–Crippen LogP) is 1.99. The van der Waals surface area contributed by atoms with Crippen molar-refractivity contribution in [1.82, 2.24) is 10.1 Å². The summed E-state index contributed by atoms with van der Waals surface area (Å²) in [7, 11) is 0. The number of aryl methyl sites for hydroxylation is 2. The van der Waals surface area contributed by atoms with Gasteiger partial charge in [0.05, 0.1) is 6.42 Å². The highest BCUT2D eigenvalue weighted by Crippen LogP contribution is 2.06. The van der Waals surface area contributed by atoms with Crippen LogP contribution < -0.4 is 0 Å². The summed E-state index contributed by atoms with van der Waals surface area (Å²) in [6.45, 7) is 1.51. The maximum Gasteiger partial charge on any atom is 0.226 e. The van der Waals surface area contributed by atoms with Crippen LogP contribution in [0.2, 0.25) is 0 Å². The lowest BCUT2D eigenvalue weighted by Crippen LogP contribution is -1.98. The van der Waals surface area contributed by atoms with Crippen molar-refractivity contribution in [2.75, 3.05) is 0 Å². The average Bonchev–Trinajstić information content (AvgIpc) is 2.75. The summed E-state index contributed by atoms with van der Waals surface area (Å²) < 4.78 is 5.07. The van der Waals surface area contributed by atoms with Gasteiger partial charge in [-0.1, -0.05) is 35.5 Å². The quantitative estimate of drug-likeness (QED) is 0.788. The Hall–Kier alpha value is -1.97. The summed E-state index contributed by atoms with van der Waals surface area (Å²) in [5.74, 6) is 1.10. The van der Waals surface area contributed by atoms with Crippen LogP contribution >= 0.6 is 0 Å². The minimum atomic E-state index is 0.0420. The molecule has 0 amide bonds. The molecule has 17 heavy (non-hydrogen) atoms. The van der Waals surface area contributed by atoms with Crippen molar-refractivity contribution in [2.45, 2.75) is 26.2 Å². The molecule has 0 fully saturated rings. The largest absolute Gasteiger partial charge is 0.339 e. The number of Topliss-reactive ketones (excluding diaryl/α,β-unsaturated/α-hetero) is 1. The SMILES string of the molecule is CC(=O)Cc1noc(CCc2ccccc2)n1. The molecule has 1 heterocycles. The Bertz CT molecular complexity index is 491. The lowest BCUT2D eigenvalue weighted by atomic mass is 10.1. The third kappa shape index (κ3) is 3.52. The number of nitrogens with zero attached hydrogens (tertiary/aromatic N) is 2. The molecule has 2 rings (SSSR count). The molecule has 4 nitrogen and oxygen atoms in total. The fraction of sp³-hybridized carbons (Fsp3) is 0.308. The fourth-order valence-corrected chi connectivity index (χ4v) is 1.58. The zero-order chi connectivity index (χ0) is 12.1. The van der Waals surface area contributed by atoms with Gasteiger partial charge in [0, 0.05) is 6.42 Å². The lowest BCUT2D eigenvalue weighted by molar-refractivity contribution is -0.116. The van der Waals surface area contributed by atoms with E-state index >= 15 is 0 Å². The number of benzene rings is 1. The van der Waals surface area contributed by atoms with Gasteiger partial charge < -0.3 is 4.52 Å². The van der Waals surface area contributed by atoms with E-state index in [1.165, 1.54) is 12.5 Å². The second kappa shape index (κ2) is 5.39. The zero-order valence-corrected chi connectivity index (χ0v) is 9.72. The molecular formula is C13H14N2O2. The molecule has 0 bridgehead atoms. The molecule has 0 saturated heterocycles. The van der Waals surface area contributed by atoms with E-state index in [0.29, 0.717) is 18.1 Å². The van der Waals surface area contributed by atoms with Crippen molar-refractivity contribution in [2.24, 2.45) is 0 Å². The normalized spacial score (nSPS) is 10.4. The second-order valence-electron chi connectivity index (χ2n) is 3.97. The summed E-state index contributed by atoms with van der Waals surface area (Å²) in [6.07, 6.45) is 1.81. The number of carbonyl (C=O) groups excluding carboxylic acids is 1. The molecule has 0 saturated carbocycles. The Labute approximate surface area is 99.7 Å². The first-order valence-corrected chi connectivity index (χ1v) is 5.59. The smallest absolute Gasteiger partial charge is 0.226 e. The molecule has 0 aliphatic rings. The van der Waals surface area contributed by atoms with Crippen LogP contribution in [0.25, 0.3) is 0 Å². The van der Waals surface area contributed by atoms with Crippen LogP contribution in [0.5, 0.6) is 0 Å². The van der Waals surface area contributed by atoms with Crippen LogP contribution in [0, 0.1) is 0 Å². The summed E-state index contributed by atoms with van der Waals surface area (Å²) in [6, 6.07) is 10.1. The maximum atomic E-state index is 10.9. The molecule has 2 aromatic rings. The molecule has 1 aromatic heterocycles. The second-order valence-corrected chi connectivity index (χ2v) is 3.97.